The van der Waals surface area contributed by atoms with Crippen LogP contribution in [0.15, 0.2) is 16.6 Å². The molecule has 0 N–H and O–H groups in total. The van der Waals surface area contributed by atoms with E-state index in [1.54, 1.807) is 32.9 Å². The third-order valence-electron chi connectivity index (χ3n) is 2.80. The monoisotopic (exact) mass is 341 g/mol. The maximum absolute atomic E-state index is 12.3. The van der Waals surface area contributed by atoms with E-state index in [0.717, 1.165) is 14.9 Å². The summed E-state index contributed by atoms with van der Waals surface area (Å²) in [5.41, 5.74) is 0.606. The van der Waals surface area contributed by atoms with Gasteiger partial charge in [0.25, 0.3) is 5.91 Å². The van der Waals surface area contributed by atoms with Gasteiger partial charge in [-0.3, -0.25) is 4.79 Å². The molecule has 0 aromatic heterocycles. The standard InChI is InChI=1S/C14H16BrNO4/c1-14(2,3)20-13(18)16-7-8-5-10(15)11(19-4)6-9(8)12(16)17/h5-6H,7H2,1-4H3. The second-order valence-electron chi connectivity index (χ2n) is 5.52. The Morgan fingerprint density at radius 1 is 1.35 bits per heavy atom. The van der Waals surface area contributed by atoms with Gasteiger partial charge >= 0.3 is 6.09 Å². The summed E-state index contributed by atoms with van der Waals surface area (Å²) in [5.74, 6) is 0.197. The fourth-order valence-electron chi connectivity index (χ4n) is 1.93. The Bertz CT molecular complexity index is 577. The molecule has 1 aromatic rings. The Hall–Kier alpha value is -1.56. The molecule has 0 atom stereocenters. The van der Waals surface area contributed by atoms with Crippen LogP contribution in [0.1, 0.15) is 36.7 Å². The minimum Gasteiger partial charge on any atom is -0.496 e. The van der Waals surface area contributed by atoms with Crippen molar-refractivity contribution in [2.24, 2.45) is 0 Å². The van der Waals surface area contributed by atoms with Crippen molar-refractivity contribution < 1.29 is 19.1 Å². The van der Waals surface area contributed by atoms with Gasteiger partial charge in [0, 0.05) is 5.56 Å². The van der Waals surface area contributed by atoms with Crippen LogP contribution in [-0.2, 0) is 11.3 Å². The van der Waals surface area contributed by atoms with E-state index in [1.807, 2.05) is 0 Å². The Morgan fingerprint density at radius 2 is 2.00 bits per heavy atom. The van der Waals surface area contributed by atoms with E-state index in [0.29, 0.717) is 11.3 Å². The molecule has 1 aliphatic heterocycles. The average Bonchev–Trinajstić information content (AvgIpc) is 2.63. The molecule has 2 amide bonds. The van der Waals surface area contributed by atoms with Gasteiger partial charge < -0.3 is 9.47 Å². The number of ether oxygens (including phenoxy) is 2. The first-order valence-electron chi connectivity index (χ1n) is 6.14. The smallest absolute Gasteiger partial charge is 0.417 e. The normalized spacial score (nSPS) is 14.2. The van der Waals surface area contributed by atoms with Gasteiger partial charge in [-0.25, -0.2) is 9.69 Å². The van der Waals surface area contributed by atoms with Crippen LogP contribution < -0.4 is 4.74 Å². The van der Waals surface area contributed by atoms with Gasteiger partial charge in [0.1, 0.15) is 11.4 Å². The van der Waals surface area contributed by atoms with Crippen molar-refractivity contribution in [3.63, 3.8) is 0 Å². The zero-order valence-corrected chi connectivity index (χ0v) is 13.4. The van der Waals surface area contributed by atoms with Gasteiger partial charge in [0.2, 0.25) is 0 Å². The summed E-state index contributed by atoms with van der Waals surface area (Å²) in [7, 11) is 1.53. The highest BCUT2D eigenvalue weighted by Gasteiger charge is 2.35. The van der Waals surface area contributed by atoms with Crippen LogP contribution in [0.5, 0.6) is 5.75 Å². The molecule has 1 heterocycles. The van der Waals surface area contributed by atoms with Gasteiger partial charge in [-0.1, -0.05) is 0 Å². The lowest BCUT2D eigenvalue weighted by Crippen LogP contribution is -2.36. The van der Waals surface area contributed by atoms with Crippen molar-refractivity contribution in [3.05, 3.63) is 27.7 Å². The lowest BCUT2D eigenvalue weighted by atomic mass is 10.1. The number of hydrogen-bond acceptors (Lipinski definition) is 4. The lowest BCUT2D eigenvalue weighted by Gasteiger charge is -2.23. The third kappa shape index (κ3) is 2.80. The minimum absolute atomic E-state index is 0.214. The van der Waals surface area contributed by atoms with Crippen LogP contribution in [0.4, 0.5) is 4.79 Å². The van der Waals surface area contributed by atoms with E-state index in [2.05, 4.69) is 15.9 Å². The van der Waals surface area contributed by atoms with E-state index >= 15 is 0 Å². The minimum atomic E-state index is -0.635. The van der Waals surface area contributed by atoms with Crippen LogP contribution in [0.25, 0.3) is 0 Å². The van der Waals surface area contributed by atoms with Crippen molar-refractivity contribution in [1.82, 2.24) is 4.90 Å². The molecule has 0 saturated carbocycles. The van der Waals surface area contributed by atoms with E-state index in [9.17, 15) is 9.59 Å². The molecule has 0 fully saturated rings. The maximum atomic E-state index is 12.3. The molecule has 0 aliphatic carbocycles. The number of rotatable bonds is 1. The maximum Gasteiger partial charge on any atom is 0.417 e. The number of halogens is 1. The van der Waals surface area contributed by atoms with Gasteiger partial charge in [0.15, 0.2) is 0 Å². The molecule has 0 unspecified atom stereocenters. The second-order valence-corrected chi connectivity index (χ2v) is 6.37. The topological polar surface area (TPSA) is 55.8 Å². The number of carbonyl (C=O) groups excluding carboxylic acids is 2. The molecule has 2 rings (SSSR count). The summed E-state index contributed by atoms with van der Waals surface area (Å²) >= 11 is 3.36. The molecule has 0 spiro atoms. The first-order chi connectivity index (χ1) is 9.23. The summed E-state index contributed by atoms with van der Waals surface area (Å²) in [4.78, 5) is 25.4. The molecule has 0 saturated heterocycles. The molecule has 0 radical (unpaired) electrons. The van der Waals surface area contributed by atoms with Crippen LogP contribution in [0.3, 0.4) is 0 Å². The predicted octanol–water partition coefficient (Wildman–Crippen LogP) is 3.35. The molecule has 5 nitrogen and oxygen atoms in total. The number of benzene rings is 1. The Labute approximate surface area is 126 Å². The van der Waals surface area contributed by atoms with E-state index in [1.165, 1.54) is 7.11 Å². The Morgan fingerprint density at radius 3 is 2.55 bits per heavy atom. The van der Waals surface area contributed by atoms with Crippen LogP contribution in [0.2, 0.25) is 0 Å². The zero-order chi connectivity index (χ0) is 15.1. The molecule has 0 bridgehead atoms. The van der Waals surface area contributed by atoms with Gasteiger partial charge in [-0.15, -0.1) is 0 Å². The van der Waals surface area contributed by atoms with E-state index in [4.69, 9.17) is 9.47 Å². The number of methoxy groups -OCH3 is 1. The van der Waals surface area contributed by atoms with Gasteiger partial charge in [0.05, 0.1) is 18.1 Å². The quantitative estimate of drug-likeness (QED) is 0.785. The number of hydrogen-bond donors (Lipinski definition) is 0. The Kier molecular flexibility index (Phi) is 3.77. The number of amides is 2. The van der Waals surface area contributed by atoms with Crippen molar-refractivity contribution in [1.29, 1.82) is 0 Å². The highest BCUT2D eigenvalue weighted by Crippen LogP contribution is 2.33. The summed E-state index contributed by atoms with van der Waals surface area (Å²) < 4.78 is 11.1. The summed E-state index contributed by atoms with van der Waals surface area (Å²) in [6, 6.07) is 3.42. The van der Waals surface area contributed by atoms with Crippen molar-refractivity contribution in [2.75, 3.05) is 7.11 Å². The molecule has 1 aliphatic rings. The van der Waals surface area contributed by atoms with Crippen LogP contribution in [0, 0.1) is 0 Å². The first kappa shape index (κ1) is 14.8. The largest absolute Gasteiger partial charge is 0.496 e. The fourth-order valence-corrected chi connectivity index (χ4v) is 2.49. The zero-order valence-electron chi connectivity index (χ0n) is 11.8. The number of imide groups is 1. The SMILES string of the molecule is COc1cc2c(cc1Br)CN(C(=O)OC(C)(C)C)C2=O. The van der Waals surface area contributed by atoms with Crippen molar-refractivity contribution in [3.8, 4) is 5.75 Å². The lowest BCUT2D eigenvalue weighted by molar-refractivity contribution is 0.0248. The highest BCUT2D eigenvalue weighted by atomic mass is 79.9. The van der Waals surface area contributed by atoms with Crippen LogP contribution in [-0.4, -0.2) is 29.6 Å². The van der Waals surface area contributed by atoms with E-state index in [-0.39, 0.29) is 12.5 Å². The summed E-state index contributed by atoms with van der Waals surface area (Å²) in [6.07, 6.45) is -0.631. The van der Waals surface area contributed by atoms with Crippen molar-refractivity contribution in [2.45, 2.75) is 32.9 Å². The molecular formula is C14H16BrNO4. The van der Waals surface area contributed by atoms with E-state index < -0.39 is 11.7 Å². The van der Waals surface area contributed by atoms with Crippen LogP contribution >= 0.6 is 15.9 Å². The molecule has 1 aromatic carbocycles. The third-order valence-corrected chi connectivity index (χ3v) is 3.42. The second kappa shape index (κ2) is 5.09. The first-order valence-corrected chi connectivity index (χ1v) is 6.93. The number of nitrogens with zero attached hydrogens (tertiary/aromatic N) is 1. The average molecular weight is 342 g/mol. The molecular weight excluding hydrogens is 326 g/mol. The number of carbonyl (C=O) groups is 2. The predicted molar refractivity (Wildman–Crippen MR) is 76.8 cm³/mol. The molecule has 6 heteroatoms. The van der Waals surface area contributed by atoms with Crippen molar-refractivity contribution >= 4 is 27.9 Å². The highest BCUT2D eigenvalue weighted by molar-refractivity contribution is 9.10. The fraction of sp³-hybridized carbons (Fsp3) is 0.429. The molecule has 108 valence electrons. The van der Waals surface area contributed by atoms with Gasteiger partial charge in [-0.05, 0) is 54.4 Å². The molecule has 20 heavy (non-hydrogen) atoms. The summed E-state index contributed by atoms with van der Waals surface area (Å²) in [6.45, 7) is 5.50. The number of fused-ring (bicyclic) bond motifs is 1. The Balaban J connectivity index is 2.28. The van der Waals surface area contributed by atoms with Gasteiger partial charge in [-0.2, -0.15) is 0 Å². The summed E-state index contributed by atoms with van der Waals surface area (Å²) in [5, 5.41) is 0.